The molecule has 0 atom stereocenters. The number of carbonyl (C=O) groups excluding carboxylic acids is 2. The van der Waals surface area contributed by atoms with Crippen LogP contribution in [0.25, 0.3) is 0 Å². The van der Waals surface area contributed by atoms with Crippen LogP contribution >= 0.6 is 0 Å². The Labute approximate surface area is 75.4 Å². The van der Waals surface area contributed by atoms with Gasteiger partial charge in [0.25, 0.3) is 0 Å². The fourth-order valence-electron chi connectivity index (χ4n) is 0.644. The predicted octanol–water partition coefficient (Wildman–Crippen LogP) is -0.454. The summed E-state index contributed by atoms with van der Waals surface area (Å²) in [5, 5.41) is 8.52. The van der Waals surface area contributed by atoms with Crippen molar-refractivity contribution in [1.29, 1.82) is 5.26 Å². The van der Waals surface area contributed by atoms with E-state index in [1.165, 1.54) is 13.8 Å². The molecular weight excluding hydrogens is 172 g/mol. The summed E-state index contributed by atoms with van der Waals surface area (Å²) in [4.78, 5) is 21.0. The molecule has 2 amide bonds. The number of nitrogens with one attached hydrogen (secondary N) is 2. The molecule has 6 nitrogen and oxygen atoms in total. The lowest BCUT2D eigenvalue weighted by Gasteiger charge is -2.06. The van der Waals surface area contributed by atoms with Gasteiger partial charge in [-0.15, -0.1) is 0 Å². The fourth-order valence-corrected chi connectivity index (χ4v) is 0.644. The van der Waals surface area contributed by atoms with Crippen molar-refractivity contribution in [2.45, 2.75) is 13.8 Å². The van der Waals surface area contributed by atoms with Crippen LogP contribution in [0.4, 0.5) is 4.79 Å². The lowest BCUT2D eigenvalue weighted by Crippen LogP contribution is -2.40. The average Bonchev–Trinajstić information content (AvgIpc) is 2.01. The molecule has 0 heterocycles. The molecule has 0 bridgehead atoms. The van der Waals surface area contributed by atoms with Crippen molar-refractivity contribution in [3.8, 4) is 6.07 Å². The zero-order chi connectivity index (χ0) is 10.4. The van der Waals surface area contributed by atoms with Gasteiger partial charge in [0, 0.05) is 5.70 Å². The summed E-state index contributed by atoms with van der Waals surface area (Å²) in [5.41, 5.74) is 9.33. The van der Waals surface area contributed by atoms with Crippen molar-refractivity contribution in [2.24, 2.45) is 5.73 Å². The zero-order valence-corrected chi connectivity index (χ0v) is 7.34. The van der Waals surface area contributed by atoms with Crippen molar-refractivity contribution in [3.05, 3.63) is 11.3 Å². The highest BCUT2D eigenvalue weighted by Gasteiger charge is 2.06. The van der Waals surface area contributed by atoms with Crippen molar-refractivity contribution in [1.82, 2.24) is 10.9 Å². The normalized spacial score (nSPS) is 10.8. The number of nitriles is 1. The highest BCUT2D eigenvalue weighted by molar-refractivity contribution is 5.97. The minimum atomic E-state index is -0.791. The van der Waals surface area contributed by atoms with Crippen LogP contribution in [0.3, 0.4) is 0 Å². The Hall–Kier alpha value is -2.03. The largest absolute Gasteiger partial charge is 0.350 e. The minimum Gasteiger partial charge on any atom is -0.350 e. The van der Waals surface area contributed by atoms with Gasteiger partial charge in [0.1, 0.15) is 11.6 Å². The molecule has 70 valence electrons. The lowest BCUT2D eigenvalue weighted by atomic mass is 10.2. The molecule has 0 aromatic heterocycles. The molecule has 0 radical (unpaired) electrons. The Balaban J connectivity index is 4.51. The van der Waals surface area contributed by atoms with Crippen molar-refractivity contribution < 1.29 is 9.59 Å². The van der Waals surface area contributed by atoms with Gasteiger partial charge in [-0.3, -0.25) is 10.2 Å². The van der Waals surface area contributed by atoms with Gasteiger partial charge in [-0.25, -0.2) is 4.79 Å². The van der Waals surface area contributed by atoms with Gasteiger partial charge in [-0.05, 0) is 13.8 Å². The maximum Gasteiger partial charge on any atom is 0.330 e. The molecule has 0 aromatic carbocycles. The van der Waals surface area contributed by atoms with Crippen LogP contribution in [-0.2, 0) is 4.79 Å². The molecule has 0 aliphatic heterocycles. The first-order valence-electron chi connectivity index (χ1n) is 3.42. The Morgan fingerprint density at radius 1 is 1.31 bits per heavy atom. The molecule has 0 saturated carbocycles. The standard InChI is InChI=1S/C7H10N4O2/c1-4(10-11-7(9)13)6(3-8)5(2)12/h10H,1-2H3,(H3,9,11,13)/b6-4-. The summed E-state index contributed by atoms with van der Waals surface area (Å²) >= 11 is 0. The molecule has 0 fully saturated rings. The highest BCUT2D eigenvalue weighted by atomic mass is 16.2. The molecule has 4 N–H and O–H groups in total. The van der Waals surface area contributed by atoms with Gasteiger partial charge in [0.15, 0.2) is 5.78 Å². The molecule has 0 spiro atoms. The third-order valence-corrected chi connectivity index (χ3v) is 1.21. The maximum absolute atomic E-state index is 10.8. The Morgan fingerprint density at radius 2 is 1.85 bits per heavy atom. The third-order valence-electron chi connectivity index (χ3n) is 1.21. The Bertz CT molecular complexity index is 300. The number of carbonyl (C=O) groups is 2. The van der Waals surface area contributed by atoms with Crippen molar-refractivity contribution >= 4 is 11.8 Å². The monoisotopic (exact) mass is 182 g/mol. The molecular formula is C7H10N4O2. The second-order valence-electron chi connectivity index (χ2n) is 2.28. The average molecular weight is 182 g/mol. The van der Waals surface area contributed by atoms with Crippen LogP contribution in [-0.4, -0.2) is 11.8 Å². The van der Waals surface area contributed by atoms with E-state index in [4.69, 9.17) is 11.0 Å². The first-order valence-corrected chi connectivity index (χ1v) is 3.42. The summed E-state index contributed by atoms with van der Waals surface area (Å²) in [6, 6.07) is 0.909. The van der Waals surface area contributed by atoms with Crippen LogP contribution in [0.1, 0.15) is 13.8 Å². The molecule has 0 aliphatic rings. The van der Waals surface area contributed by atoms with E-state index in [-0.39, 0.29) is 17.1 Å². The third kappa shape index (κ3) is 3.76. The zero-order valence-electron chi connectivity index (χ0n) is 7.34. The predicted molar refractivity (Wildman–Crippen MR) is 44.8 cm³/mol. The van der Waals surface area contributed by atoms with Gasteiger partial charge in [0.05, 0.1) is 0 Å². The van der Waals surface area contributed by atoms with Crippen molar-refractivity contribution in [3.63, 3.8) is 0 Å². The van der Waals surface area contributed by atoms with Crippen LogP contribution in [0.5, 0.6) is 0 Å². The Kier molecular flexibility index (Phi) is 4.02. The van der Waals surface area contributed by atoms with Crippen LogP contribution < -0.4 is 16.6 Å². The van der Waals surface area contributed by atoms with E-state index in [1.807, 2.05) is 5.43 Å². The Morgan fingerprint density at radius 3 is 2.15 bits per heavy atom. The summed E-state index contributed by atoms with van der Waals surface area (Å²) in [5.74, 6) is -0.376. The fraction of sp³-hybridized carbons (Fsp3) is 0.286. The van der Waals surface area contributed by atoms with E-state index in [0.717, 1.165) is 0 Å². The highest BCUT2D eigenvalue weighted by Crippen LogP contribution is 1.99. The minimum absolute atomic E-state index is 0.0475. The smallest absolute Gasteiger partial charge is 0.330 e. The van der Waals surface area contributed by atoms with Crippen LogP contribution in [0, 0.1) is 11.3 Å². The molecule has 6 heteroatoms. The number of hydrogen-bond acceptors (Lipinski definition) is 4. The van der Waals surface area contributed by atoms with Gasteiger partial charge < -0.3 is 11.2 Å². The van der Waals surface area contributed by atoms with Crippen LogP contribution in [0.2, 0.25) is 0 Å². The molecule has 0 saturated heterocycles. The lowest BCUT2D eigenvalue weighted by molar-refractivity contribution is -0.113. The molecule has 0 aliphatic carbocycles. The number of urea groups is 1. The number of hydrazine groups is 1. The number of Topliss-reactive ketones (excluding diaryl/α,β-unsaturated/α-hetero) is 1. The molecule has 0 aromatic rings. The maximum atomic E-state index is 10.8. The molecule has 0 unspecified atom stereocenters. The summed E-state index contributed by atoms with van der Waals surface area (Å²) in [6.45, 7) is 2.74. The quantitative estimate of drug-likeness (QED) is 0.312. The van der Waals surface area contributed by atoms with Gasteiger partial charge in [-0.1, -0.05) is 0 Å². The number of nitrogens with two attached hydrogens (primary N) is 1. The number of primary amides is 1. The van der Waals surface area contributed by atoms with Crippen molar-refractivity contribution in [2.75, 3.05) is 0 Å². The summed E-state index contributed by atoms with van der Waals surface area (Å²) in [7, 11) is 0. The topological polar surface area (TPSA) is 108 Å². The van der Waals surface area contributed by atoms with Crippen LogP contribution in [0.15, 0.2) is 11.3 Å². The van der Waals surface area contributed by atoms with Gasteiger partial charge in [0.2, 0.25) is 0 Å². The summed E-state index contributed by atoms with van der Waals surface area (Å²) in [6.07, 6.45) is 0. The second-order valence-corrected chi connectivity index (χ2v) is 2.28. The number of hydrogen-bond donors (Lipinski definition) is 3. The SMILES string of the molecule is CC(=O)/C(C#N)=C(/C)NNC(N)=O. The molecule has 13 heavy (non-hydrogen) atoms. The van der Waals surface area contributed by atoms with E-state index in [1.54, 1.807) is 6.07 Å². The van der Waals surface area contributed by atoms with E-state index in [2.05, 4.69) is 5.43 Å². The van der Waals surface area contributed by atoms with E-state index < -0.39 is 6.03 Å². The first-order chi connectivity index (χ1) is 5.99. The van der Waals surface area contributed by atoms with E-state index in [9.17, 15) is 9.59 Å². The number of allylic oxidation sites excluding steroid dienone is 2. The number of nitrogens with zero attached hydrogens (tertiary/aromatic N) is 1. The van der Waals surface area contributed by atoms with Gasteiger partial charge >= 0.3 is 6.03 Å². The summed E-state index contributed by atoms with van der Waals surface area (Å²) < 4.78 is 0. The molecule has 0 rings (SSSR count). The van der Waals surface area contributed by atoms with Gasteiger partial charge in [-0.2, -0.15) is 5.26 Å². The second kappa shape index (κ2) is 4.77. The van der Waals surface area contributed by atoms with E-state index >= 15 is 0 Å². The number of rotatable bonds is 3. The van der Waals surface area contributed by atoms with E-state index in [0.29, 0.717) is 0 Å². The number of amides is 2. The first kappa shape index (κ1) is 11.0. The number of ketones is 1.